The van der Waals surface area contributed by atoms with Crippen molar-refractivity contribution in [2.75, 3.05) is 0 Å². The summed E-state index contributed by atoms with van der Waals surface area (Å²) in [5.41, 5.74) is 3.15. The Bertz CT molecular complexity index is 116. The minimum atomic E-state index is 0.787. The smallest absolute Gasteiger partial charge is 0.0232 e. The number of allylic oxidation sites excluding steroid dienone is 2. The van der Waals surface area contributed by atoms with Crippen LogP contribution in [0.1, 0.15) is 47.5 Å². The van der Waals surface area contributed by atoms with Crippen molar-refractivity contribution >= 4 is 0 Å². The lowest BCUT2D eigenvalue weighted by molar-refractivity contribution is 0.625. The predicted molar refractivity (Wildman–Crippen MR) is 48.1 cm³/mol. The fraction of sp³-hybridized carbons (Fsp3) is 0.800. The summed E-state index contributed by atoms with van der Waals surface area (Å²) in [6.45, 7) is 11.2. The third-order valence-electron chi connectivity index (χ3n) is 2.23. The zero-order valence-corrected chi connectivity index (χ0v) is 7.99. The number of hydrogen-bond donors (Lipinski definition) is 0. The highest BCUT2D eigenvalue weighted by Crippen LogP contribution is 2.20. The third-order valence-corrected chi connectivity index (χ3v) is 2.23. The average Bonchev–Trinajstić information content (AvgIpc) is 1.88. The van der Waals surface area contributed by atoms with Crippen LogP contribution in [-0.4, -0.2) is 0 Å². The van der Waals surface area contributed by atoms with Gasteiger partial charge < -0.3 is 0 Å². The van der Waals surface area contributed by atoms with Crippen molar-refractivity contribution in [1.82, 2.24) is 0 Å². The summed E-state index contributed by atoms with van der Waals surface area (Å²) >= 11 is 0. The minimum absolute atomic E-state index is 0.787. The summed E-state index contributed by atoms with van der Waals surface area (Å²) < 4.78 is 0. The van der Waals surface area contributed by atoms with E-state index in [9.17, 15) is 0 Å². The Morgan fingerprint density at radius 1 is 1.20 bits per heavy atom. The molecular weight excluding hydrogens is 120 g/mol. The molecule has 0 amide bonds. The molecule has 0 aliphatic rings. The van der Waals surface area contributed by atoms with Crippen molar-refractivity contribution in [1.29, 1.82) is 0 Å². The van der Waals surface area contributed by atoms with Gasteiger partial charge in [-0.2, -0.15) is 0 Å². The van der Waals surface area contributed by atoms with E-state index in [1.165, 1.54) is 18.4 Å². The molecule has 0 rings (SSSR count). The summed E-state index contributed by atoms with van der Waals surface area (Å²) in [5, 5.41) is 0. The largest absolute Gasteiger partial charge is 0.0770 e. The Morgan fingerprint density at radius 2 is 1.70 bits per heavy atom. The number of rotatable bonds is 3. The van der Waals surface area contributed by atoms with Gasteiger partial charge in [-0.15, -0.1) is 0 Å². The molecule has 0 aromatic rings. The lowest BCUT2D eigenvalue weighted by Gasteiger charge is -2.13. The molecule has 0 heteroatoms. The van der Waals surface area contributed by atoms with E-state index < -0.39 is 0 Å². The van der Waals surface area contributed by atoms with Crippen LogP contribution >= 0.6 is 0 Å². The molecule has 0 bridgehead atoms. The van der Waals surface area contributed by atoms with Gasteiger partial charge in [-0.3, -0.25) is 0 Å². The first-order valence-electron chi connectivity index (χ1n) is 4.29. The predicted octanol–water partition coefficient (Wildman–Crippen LogP) is 3.78. The van der Waals surface area contributed by atoms with E-state index in [1.54, 1.807) is 5.57 Å². The van der Waals surface area contributed by atoms with Crippen molar-refractivity contribution in [2.24, 2.45) is 5.92 Å². The molecule has 0 fully saturated rings. The van der Waals surface area contributed by atoms with E-state index in [0.29, 0.717) is 0 Å². The van der Waals surface area contributed by atoms with Gasteiger partial charge in [0.05, 0.1) is 0 Å². The van der Waals surface area contributed by atoms with E-state index in [0.717, 1.165) is 5.92 Å². The molecule has 10 heavy (non-hydrogen) atoms. The van der Waals surface area contributed by atoms with Gasteiger partial charge in [0.2, 0.25) is 0 Å². The van der Waals surface area contributed by atoms with Crippen LogP contribution in [-0.2, 0) is 0 Å². The van der Waals surface area contributed by atoms with E-state index in [1.807, 2.05) is 0 Å². The maximum atomic E-state index is 2.31. The van der Waals surface area contributed by atoms with Crippen molar-refractivity contribution in [3.8, 4) is 0 Å². The van der Waals surface area contributed by atoms with Gasteiger partial charge in [0.1, 0.15) is 0 Å². The molecule has 0 heterocycles. The molecule has 0 saturated heterocycles. The molecule has 0 aromatic heterocycles. The lowest BCUT2D eigenvalue weighted by Crippen LogP contribution is -1.98. The van der Waals surface area contributed by atoms with Crippen molar-refractivity contribution in [3.05, 3.63) is 11.1 Å². The van der Waals surface area contributed by atoms with Crippen molar-refractivity contribution in [2.45, 2.75) is 47.5 Å². The molecule has 0 saturated carbocycles. The summed E-state index contributed by atoms with van der Waals surface area (Å²) in [6, 6.07) is 0. The SMILES string of the molecule is CCC(=C(C)C)C(C)CC. The molecule has 0 spiro atoms. The summed E-state index contributed by atoms with van der Waals surface area (Å²) in [5.74, 6) is 0.787. The fourth-order valence-corrected chi connectivity index (χ4v) is 1.44. The zero-order chi connectivity index (χ0) is 8.15. The van der Waals surface area contributed by atoms with Crippen LogP contribution in [0.15, 0.2) is 11.1 Å². The second-order valence-electron chi connectivity index (χ2n) is 3.19. The van der Waals surface area contributed by atoms with Crippen LogP contribution in [0.3, 0.4) is 0 Å². The van der Waals surface area contributed by atoms with Crippen LogP contribution < -0.4 is 0 Å². The summed E-state index contributed by atoms with van der Waals surface area (Å²) in [6.07, 6.45) is 2.49. The molecule has 0 aliphatic heterocycles. The second kappa shape index (κ2) is 4.54. The van der Waals surface area contributed by atoms with Crippen LogP contribution in [0.5, 0.6) is 0 Å². The van der Waals surface area contributed by atoms with Crippen LogP contribution in [0.4, 0.5) is 0 Å². The van der Waals surface area contributed by atoms with Gasteiger partial charge in [-0.1, -0.05) is 31.9 Å². The Kier molecular flexibility index (Phi) is 4.42. The van der Waals surface area contributed by atoms with Gasteiger partial charge in [0, 0.05) is 0 Å². The maximum Gasteiger partial charge on any atom is -0.0232 e. The second-order valence-corrected chi connectivity index (χ2v) is 3.19. The lowest BCUT2D eigenvalue weighted by atomic mass is 9.93. The van der Waals surface area contributed by atoms with E-state index >= 15 is 0 Å². The Labute approximate surface area is 65.3 Å². The molecule has 60 valence electrons. The average molecular weight is 140 g/mol. The molecular formula is C10H20. The van der Waals surface area contributed by atoms with Crippen molar-refractivity contribution in [3.63, 3.8) is 0 Å². The van der Waals surface area contributed by atoms with E-state index in [2.05, 4.69) is 34.6 Å². The summed E-state index contributed by atoms with van der Waals surface area (Å²) in [4.78, 5) is 0. The highest BCUT2D eigenvalue weighted by atomic mass is 14.1. The minimum Gasteiger partial charge on any atom is -0.0770 e. The Morgan fingerprint density at radius 3 is 1.80 bits per heavy atom. The fourth-order valence-electron chi connectivity index (χ4n) is 1.44. The highest BCUT2D eigenvalue weighted by molar-refractivity contribution is 5.11. The standard InChI is InChI=1S/C10H20/c1-6-9(5)10(7-2)8(3)4/h9H,6-7H2,1-5H3. The van der Waals surface area contributed by atoms with E-state index in [-0.39, 0.29) is 0 Å². The zero-order valence-electron chi connectivity index (χ0n) is 7.99. The topological polar surface area (TPSA) is 0 Å². The van der Waals surface area contributed by atoms with E-state index in [4.69, 9.17) is 0 Å². The molecule has 0 radical (unpaired) electrons. The van der Waals surface area contributed by atoms with Gasteiger partial charge in [0.15, 0.2) is 0 Å². The molecule has 0 aromatic carbocycles. The molecule has 1 unspecified atom stereocenters. The van der Waals surface area contributed by atoms with Gasteiger partial charge in [-0.05, 0) is 32.6 Å². The first kappa shape index (κ1) is 9.74. The Hall–Kier alpha value is -0.260. The van der Waals surface area contributed by atoms with Crippen LogP contribution in [0, 0.1) is 5.92 Å². The molecule has 0 aliphatic carbocycles. The van der Waals surface area contributed by atoms with Gasteiger partial charge in [-0.25, -0.2) is 0 Å². The first-order chi connectivity index (χ1) is 4.63. The van der Waals surface area contributed by atoms with Crippen LogP contribution in [0.25, 0.3) is 0 Å². The first-order valence-corrected chi connectivity index (χ1v) is 4.29. The van der Waals surface area contributed by atoms with Crippen LogP contribution in [0.2, 0.25) is 0 Å². The maximum absolute atomic E-state index is 2.31. The third kappa shape index (κ3) is 2.55. The quantitative estimate of drug-likeness (QED) is 0.523. The summed E-state index contributed by atoms with van der Waals surface area (Å²) in [7, 11) is 0. The molecule has 0 N–H and O–H groups in total. The number of hydrogen-bond acceptors (Lipinski definition) is 0. The molecule has 1 atom stereocenters. The monoisotopic (exact) mass is 140 g/mol. The Balaban J connectivity index is 4.21. The van der Waals surface area contributed by atoms with Crippen molar-refractivity contribution < 1.29 is 0 Å². The normalized spacial score (nSPS) is 12.9. The van der Waals surface area contributed by atoms with Gasteiger partial charge >= 0.3 is 0 Å². The molecule has 0 nitrogen and oxygen atoms in total. The van der Waals surface area contributed by atoms with Gasteiger partial charge in [0.25, 0.3) is 0 Å². The highest BCUT2D eigenvalue weighted by Gasteiger charge is 2.04.